The van der Waals surface area contributed by atoms with E-state index in [1.54, 1.807) is 11.1 Å². The fraction of sp³-hybridized carbons (Fsp3) is 0.857. The number of fused-ring (bicyclic) bond motifs is 1. The largest absolute Gasteiger partial charge is 0.405 e. The fourth-order valence-corrected chi connectivity index (χ4v) is 1.63. The second-order valence-electron chi connectivity index (χ2n) is 3.27. The molecular weight excluding hydrogens is 183 g/mol. The molecule has 0 aliphatic carbocycles. The lowest BCUT2D eigenvalue weighted by atomic mass is 10.2. The average Bonchev–Trinajstić information content (AvgIpc) is 2.47. The predicted octanol–water partition coefficient (Wildman–Crippen LogP) is 0.233. The normalized spacial score (nSPS) is 35.0. The van der Waals surface area contributed by atoms with Crippen LogP contribution in [0.25, 0.3) is 0 Å². The van der Waals surface area contributed by atoms with Crippen molar-refractivity contribution in [2.45, 2.75) is 18.4 Å². The molecular formula is C7H10F3N3. The lowest BCUT2D eigenvalue weighted by Gasteiger charge is -2.35. The number of halogens is 3. The number of nitrogens with zero attached hydrogens (tertiary/aromatic N) is 2. The van der Waals surface area contributed by atoms with Crippen LogP contribution in [0.5, 0.6) is 0 Å². The maximum atomic E-state index is 12.3. The van der Waals surface area contributed by atoms with Crippen molar-refractivity contribution >= 4 is 6.21 Å². The van der Waals surface area contributed by atoms with Crippen LogP contribution in [0.4, 0.5) is 13.2 Å². The molecule has 0 aromatic heterocycles. The molecule has 0 radical (unpaired) electrons. The molecule has 2 rings (SSSR count). The first-order valence-electron chi connectivity index (χ1n) is 4.13. The molecule has 2 aliphatic rings. The van der Waals surface area contributed by atoms with Crippen LogP contribution in [0.3, 0.4) is 0 Å². The first-order chi connectivity index (χ1) is 6.07. The van der Waals surface area contributed by atoms with Crippen molar-refractivity contribution < 1.29 is 13.2 Å². The molecule has 74 valence electrons. The number of rotatable bonds is 0. The summed E-state index contributed by atoms with van der Waals surface area (Å²) in [4.78, 5) is 5.78. The van der Waals surface area contributed by atoms with Crippen molar-refractivity contribution in [3.8, 4) is 0 Å². The van der Waals surface area contributed by atoms with E-state index in [9.17, 15) is 13.2 Å². The summed E-state index contributed by atoms with van der Waals surface area (Å²) in [5.74, 6) is 0. The van der Waals surface area contributed by atoms with Gasteiger partial charge in [0.25, 0.3) is 0 Å². The molecule has 1 fully saturated rings. The lowest BCUT2D eigenvalue weighted by Crippen LogP contribution is -2.59. The van der Waals surface area contributed by atoms with E-state index in [4.69, 9.17) is 0 Å². The monoisotopic (exact) mass is 193 g/mol. The summed E-state index contributed by atoms with van der Waals surface area (Å²) >= 11 is 0. The van der Waals surface area contributed by atoms with Crippen LogP contribution in [-0.4, -0.2) is 49.1 Å². The molecule has 0 bridgehead atoms. The molecule has 0 aromatic rings. The van der Waals surface area contributed by atoms with Crippen LogP contribution in [0.1, 0.15) is 0 Å². The third kappa shape index (κ3) is 1.68. The Labute approximate surface area is 73.6 Å². The summed E-state index contributed by atoms with van der Waals surface area (Å²) < 4.78 is 36.8. The maximum absolute atomic E-state index is 12.3. The third-order valence-corrected chi connectivity index (χ3v) is 2.37. The van der Waals surface area contributed by atoms with Crippen LogP contribution in [0.2, 0.25) is 0 Å². The summed E-state index contributed by atoms with van der Waals surface area (Å²) in [7, 11) is 0. The second-order valence-corrected chi connectivity index (χ2v) is 3.27. The van der Waals surface area contributed by atoms with Gasteiger partial charge in [-0.2, -0.15) is 13.2 Å². The molecule has 0 amide bonds. The Bertz CT molecular complexity index is 226. The van der Waals surface area contributed by atoms with E-state index < -0.39 is 12.2 Å². The molecule has 3 nitrogen and oxygen atoms in total. The SMILES string of the molecule is FC(F)(F)C1CN2CC=NC2CN1. The average molecular weight is 193 g/mol. The van der Waals surface area contributed by atoms with Crippen LogP contribution >= 0.6 is 0 Å². The Kier molecular flexibility index (Phi) is 2.03. The highest BCUT2D eigenvalue weighted by Gasteiger charge is 2.44. The van der Waals surface area contributed by atoms with Crippen LogP contribution in [-0.2, 0) is 0 Å². The summed E-state index contributed by atoms with van der Waals surface area (Å²) in [5.41, 5.74) is 0. The van der Waals surface area contributed by atoms with E-state index in [0.29, 0.717) is 13.1 Å². The standard InChI is InChI=1S/C7H10F3N3/c8-7(9,10)5-4-13-2-1-11-6(13)3-12-5/h1,5-6,12H,2-4H2. The number of piperazine rings is 1. The van der Waals surface area contributed by atoms with Crippen LogP contribution in [0, 0.1) is 0 Å². The Morgan fingerprint density at radius 2 is 2.23 bits per heavy atom. The van der Waals surface area contributed by atoms with Crippen molar-refractivity contribution in [2.75, 3.05) is 19.6 Å². The first-order valence-corrected chi connectivity index (χ1v) is 4.13. The van der Waals surface area contributed by atoms with Gasteiger partial charge in [0, 0.05) is 25.8 Å². The van der Waals surface area contributed by atoms with E-state index in [1.165, 1.54) is 0 Å². The van der Waals surface area contributed by atoms with Gasteiger partial charge in [-0.3, -0.25) is 9.89 Å². The molecule has 1 N–H and O–H groups in total. The third-order valence-electron chi connectivity index (χ3n) is 2.37. The summed E-state index contributed by atoms with van der Waals surface area (Å²) in [6, 6.07) is -1.40. The minimum atomic E-state index is -4.15. The number of aliphatic imine (C=N–C) groups is 1. The topological polar surface area (TPSA) is 27.6 Å². The highest BCUT2D eigenvalue weighted by Crippen LogP contribution is 2.24. The molecule has 2 aliphatic heterocycles. The van der Waals surface area contributed by atoms with E-state index in [-0.39, 0.29) is 12.7 Å². The Balaban J connectivity index is 1.99. The minimum absolute atomic E-state index is 0.00810. The predicted molar refractivity (Wildman–Crippen MR) is 41.7 cm³/mol. The van der Waals surface area contributed by atoms with E-state index in [2.05, 4.69) is 10.3 Å². The molecule has 1 saturated heterocycles. The second kappa shape index (κ2) is 2.95. The molecule has 2 atom stereocenters. The molecule has 13 heavy (non-hydrogen) atoms. The molecule has 6 heteroatoms. The molecule has 2 unspecified atom stereocenters. The van der Waals surface area contributed by atoms with Gasteiger partial charge in [0.2, 0.25) is 0 Å². The fourth-order valence-electron chi connectivity index (χ4n) is 1.63. The van der Waals surface area contributed by atoms with Crippen molar-refractivity contribution in [1.82, 2.24) is 10.2 Å². The van der Waals surface area contributed by atoms with E-state index in [0.717, 1.165) is 0 Å². The molecule has 0 saturated carbocycles. The Hall–Kier alpha value is -0.620. The van der Waals surface area contributed by atoms with E-state index >= 15 is 0 Å². The minimum Gasteiger partial charge on any atom is -0.302 e. The number of hydrogen-bond acceptors (Lipinski definition) is 3. The number of alkyl halides is 3. The van der Waals surface area contributed by atoms with Gasteiger partial charge in [-0.05, 0) is 0 Å². The van der Waals surface area contributed by atoms with Crippen LogP contribution < -0.4 is 5.32 Å². The quantitative estimate of drug-likeness (QED) is 0.596. The van der Waals surface area contributed by atoms with Crippen molar-refractivity contribution in [2.24, 2.45) is 4.99 Å². The zero-order chi connectivity index (χ0) is 9.47. The van der Waals surface area contributed by atoms with Crippen molar-refractivity contribution in [3.63, 3.8) is 0 Å². The first kappa shape index (κ1) is 8.96. The Morgan fingerprint density at radius 1 is 1.46 bits per heavy atom. The maximum Gasteiger partial charge on any atom is 0.405 e. The van der Waals surface area contributed by atoms with Gasteiger partial charge in [-0.15, -0.1) is 0 Å². The molecule has 2 heterocycles. The van der Waals surface area contributed by atoms with Crippen molar-refractivity contribution in [3.05, 3.63) is 0 Å². The highest BCUT2D eigenvalue weighted by molar-refractivity contribution is 5.62. The number of hydrogen-bond donors (Lipinski definition) is 1. The summed E-state index contributed by atoms with van der Waals surface area (Å²) in [6.45, 7) is 0.841. The van der Waals surface area contributed by atoms with Gasteiger partial charge in [0.15, 0.2) is 0 Å². The van der Waals surface area contributed by atoms with Gasteiger partial charge in [0.1, 0.15) is 12.2 Å². The van der Waals surface area contributed by atoms with E-state index in [1.807, 2.05) is 0 Å². The van der Waals surface area contributed by atoms with Gasteiger partial charge >= 0.3 is 6.18 Å². The van der Waals surface area contributed by atoms with Gasteiger partial charge in [-0.1, -0.05) is 0 Å². The molecule has 0 aromatic carbocycles. The smallest absolute Gasteiger partial charge is 0.302 e. The van der Waals surface area contributed by atoms with Crippen LogP contribution in [0.15, 0.2) is 4.99 Å². The molecule has 0 spiro atoms. The Morgan fingerprint density at radius 3 is 2.92 bits per heavy atom. The lowest BCUT2D eigenvalue weighted by molar-refractivity contribution is -0.166. The van der Waals surface area contributed by atoms with Gasteiger partial charge in [-0.25, -0.2) is 0 Å². The number of nitrogens with one attached hydrogen (secondary N) is 1. The summed E-state index contributed by atoms with van der Waals surface area (Å²) in [6.07, 6.45) is -2.56. The van der Waals surface area contributed by atoms with Gasteiger partial charge in [0.05, 0.1) is 0 Å². The zero-order valence-electron chi connectivity index (χ0n) is 6.88. The van der Waals surface area contributed by atoms with Crippen molar-refractivity contribution in [1.29, 1.82) is 0 Å². The van der Waals surface area contributed by atoms with Gasteiger partial charge < -0.3 is 5.32 Å². The summed E-state index contributed by atoms with van der Waals surface area (Å²) in [5, 5.41) is 2.45. The highest BCUT2D eigenvalue weighted by atomic mass is 19.4. The zero-order valence-corrected chi connectivity index (χ0v) is 6.88.